The van der Waals surface area contributed by atoms with E-state index < -0.39 is 22.1 Å². The number of benzene rings is 2. The topological polar surface area (TPSA) is 75.7 Å². The second kappa shape index (κ2) is 9.29. The van der Waals surface area contributed by atoms with Gasteiger partial charge >= 0.3 is 6.36 Å². The highest BCUT2D eigenvalue weighted by Gasteiger charge is 2.32. The molecule has 2 aromatic rings. The summed E-state index contributed by atoms with van der Waals surface area (Å²) in [5.41, 5.74) is 1.39. The molecule has 0 spiro atoms. The first kappa shape index (κ1) is 23.1. The highest BCUT2D eigenvalue weighted by Crippen LogP contribution is 2.27. The zero-order valence-electron chi connectivity index (χ0n) is 16.0. The third-order valence-corrected chi connectivity index (χ3v) is 6.67. The van der Waals surface area contributed by atoms with Gasteiger partial charge in [-0.25, -0.2) is 8.42 Å². The molecule has 0 bridgehead atoms. The van der Waals surface area contributed by atoms with Crippen molar-refractivity contribution in [1.82, 2.24) is 4.31 Å². The molecule has 166 valence electrons. The predicted molar refractivity (Wildman–Crippen MR) is 109 cm³/mol. The van der Waals surface area contributed by atoms with Crippen LogP contribution in [-0.4, -0.2) is 38.1 Å². The van der Waals surface area contributed by atoms with Crippen LogP contribution in [0.4, 0.5) is 18.9 Å². The number of ether oxygens (including phenoxy) is 1. The SMILES string of the molecule is O=C(C=C1CCN(S(=O)(=O)c2ccc(OC(F)(F)F)cc2)CC1)Nc1ccc(Cl)cc1. The van der Waals surface area contributed by atoms with Crippen molar-refractivity contribution in [3.63, 3.8) is 0 Å². The van der Waals surface area contributed by atoms with Crippen molar-refractivity contribution < 1.29 is 31.1 Å². The predicted octanol–water partition coefficient (Wildman–Crippen LogP) is 4.59. The van der Waals surface area contributed by atoms with E-state index in [1.165, 1.54) is 10.4 Å². The molecule has 6 nitrogen and oxygen atoms in total. The number of rotatable bonds is 5. The highest BCUT2D eigenvalue weighted by atomic mass is 35.5. The van der Waals surface area contributed by atoms with E-state index in [4.69, 9.17) is 11.6 Å². The second-order valence-electron chi connectivity index (χ2n) is 6.72. The molecule has 31 heavy (non-hydrogen) atoms. The summed E-state index contributed by atoms with van der Waals surface area (Å²) < 4.78 is 67.2. The average Bonchev–Trinajstić information content (AvgIpc) is 2.69. The number of nitrogens with zero attached hydrogens (tertiary/aromatic N) is 1. The summed E-state index contributed by atoms with van der Waals surface area (Å²) in [7, 11) is -3.87. The van der Waals surface area contributed by atoms with Gasteiger partial charge in [0.1, 0.15) is 5.75 Å². The third-order valence-electron chi connectivity index (χ3n) is 4.51. The molecule has 3 rings (SSSR count). The summed E-state index contributed by atoms with van der Waals surface area (Å²) in [4.78, 5) is 12.0. The largest absolute Gasteiger partial charge is 0.573 e. The molecule has 1 fully saturated rings. The fraction of sp³-hybridized carbons (Fsp3) is 0.250. The first-order chi connectivity index (χ1) is 14.5. The maximum atomic E-state index is 12.7. The van der Waals surface area contributed by atoms with E-state index in [-0.39, 0.29) is 23.9 Å². The van der Waals surface area contributed by atoms with Crippen LogP contribution in [0.3, 0.4) is 0 Å². The van der Waals surface area contributed by atoms with E-state index in [1.807, 2.05) is 0 Å². The molecular weight excluding hydrogens is 457 g/mol. The van der Waals surface area contributed by atoms with E-state index >= 15 is 0 Å². The number of nitrogens with one attached hydrogen (secondary N) is 1. The molecule has 1 aliphatic heterocycles. The molecule has 0 unspecified atom stereocenters. The Morgan fingerprint density at radius 1 is 1.03 bits per heavy atom. The van der Waals surface area contributed by atoms with Crippen LogP contribution < -0.4 is 10.1 Å². The molecule has 11 heteroatoms. The highest BCUT2D eigenvalue weighted by molar-refractivity contribution is 7.89. The van der Waals surface area contributed by atoms with Crippen LogP contribution in [0.5, 0.6) is 5.75 Å². The Kier molecular flexibility index (Phi) is 6.93. The maximum absolute atomic E-state index is 12.7. The monoisotopic (exact) mass is 474 g/mol. The van der Waals surface area contributed by atoms with Crippen molar-refractivity contribution in [2.75, 3.05) is 18.4 Å². The van der Waals surface area contributed by atoms with Crippen molar-refractivity contribution in [1.29, 1.82) is 0 Å². The Bertz CT molecular complexity index is 1060. The van der Waals surface area contributed by atoms with Gasteiger partial charge in [0, 0.05) is 29.9 Å². The molecular formula is C20H18ClF3N2O4S. The molecule has 0 radical (unpaired) electrons. The van der Waals surface area contributed by atoms with Gasteiger partial charge in [0.15, 0.2) is 0 Å². The first-order valence-electron chi connectivity index (χ1n) is 9.15. The molecule has 1 amide bonds. The van der Waals surface area contributed by atoms with Gasteiger partial charge in [0.2, 0.25) is 15.9 Å². The number of sulfonamides is 1. The molecule has 2 aromatic carbocycles. The zero-order valence-corrected chi connectivity index (χ0v) is 17.6. The van der Waals surface area contributed by atoms with Crippen molar-refractivity contribution in [2.24, 2.45) is 0 Å². The van der Waals surface area contributed by atoms with Crippen LogP contribution in [-0.2, 0) is 14.8 Å². The van der Waals surface area contributed by atoms with Gasteiger partial charge in [-0.3, -0.25) is 4.79 Å². The number of amides is 1. The Labute approximate surface area is 182 Å². The minimum Gasteiger partial charge on any atom is -0.406 e. The third kappa shape index (κ3) is 6.46. The minimum atomic E-state index is -4.85. The van der Waals surface area contributed by atoms with Crippen molar-refractivity contribution in [3.8, 4) is 5.75 Å². The quantitative estimate of drug-likeness (QED) is 0.643. The van der Waals surface area contributed by atoms with Crippen molar-refractivity contribution in [3.05, 3.63) is 65.2 Å². The van der Waals surface area contributed by atoms with Crippen LogP contribution in [0.2, 0.25) is 5.02 Å². The van der Waals surface area contributed by atoms with Crippen LogP contribution in [0, 0.1) is 0 Å². The molecule has 1 N–H and O–H groups in total. The lowest BCUT2D eigenvalue weighted by Crippen LogP contribution is -2.36. The van der Waals surface area contributed by atoms with Crippen LogP contribution in [0.1, 0.15) is 12.8 Å². The van der Waals surface area contributed by atoms with E-state index in [0.717, 1.165) is 29.8 Å². The van der Waals surface area contributed by atoms with Crippen molar-refractivity contribution >= 4 is 33.2 Å². The molecule has 0 aromatic heterocycles. The molecule has 0 aliphatic carbocycles. The van der Waals surface area contributed by atoms with Gasteiger partial charge in [-0.2, -0.15) is 4.31 Å². The Morgan fingerprint density at radius 3 is 2.16 bits per heavy atom. The summed E-state index contributed by atoms with van der Waals surface area (Å²) in [6.45, 7) is 0.312. The number of halogens is 4. The number of hydrogen-bond donors (Lipinski definition) is 1. The summed E-state index contributed by atoms with van der Waals surface area (Å²) >= 11 is 5.80. The average molecular weight is 475 g/mol. The summed E-state index contributed by atoms with van der Waals surface area (Å²) in [6, 6.07) is 10.7. The van der Waals surface area contributed by atoms with Crippen LogP contribution in [0.25, 0.3) is 0 Å². The van der Waals surface area contributed by atoms with Gasteiger partial charge in [0.05, 0.1) is 4.90 Å². The normalized spacial score (nSPS) is 15.4. The molecule has 0 saturated carbocycles. The smallest absolute Gasteiger partial charge is 0.406 e. The van der Waals surface area contributed by atoms with E-state index in [1.54, 1.807) is 24.3 Å². The lowest BCUT2D eigenvalue weighted by atomic mass is 10.1. The number of hydrogen-bond acceptors (Lipinski definition) is 4. The molecule has 1 aliphatic rings. The van der Waals surface area contributed by atoms with Gasteiger partial charge < -0.3 is 10.1 Å². The van der Waals surface area contributed by atoms with Gasteiger partial charge in [-0.15, -0.1) is 13.2 Å². The van der Waals surface area contributed by atoms with Gasteiger partial charge in [-0.05, 0) is 61.4 Å². The van der Waals surface area contributed by atoms with E-state index in [9.17, 15) is 26.4 Å². The lowest BCUT2D eigenvalue weighted by molar-refractivity contribution is -0.274. The summed E-state index contributed by atoms with van der Waals surface area (Å²) in [5.74, 6) is -0.823. The van der Waals surface area contributed by atoms with Crippen LogP contribution >= 0.6 is 11.6 Å². The number of alkyl halides is 3. The molecule has 0 atom stereocenters. The standard InChI is InChI=1S/C20H18ClF3N2O4S/c21-15-1-3-16(4-2-15)25-19(27)13-14-9-11-26(12-10-14)31(28,29)18-7-5-17(6-8-18)30-20(22,23)24/h1-8,13H,9-12H2,(H,25,27). The molecule has 1 saturated heterocycles. The second-order valence-corrected chi connectivity index (χ2v) is 9.10. The van der Waals surface area contributed by atoms with E-state index in [2.05, 4.69) is 10.1 Å². The number of carbonyl (C=O) groups is 1. The number of anilines is 1. The minimum absolute atomic E-state index is 0.130. The number of piperidine rings is 1. The maximum Gasteiger partial charge on any atom is 0.573 e. The van der Waals surface area contributed by atoms with Crippen molar-refractivity contribution in [2.45, 2.75) is 24.1 Å². The van der Waals surface area contributed by atoms with E-state index in [0.29, 0.717) is 23.6 Å². The van der Waals surface area contributed by atoms with Gasteiger partial charge in [0.25, 0.3) is 0 Å². The van der Waals surface area contributed by atoms with Crippen LogP contribution in [0.15, 0.2) is 65.1 Å². The first-order valence-corrected chi connectivity index (χ1v) is 11.0. The fourth-order valence-electron chi connectivity index (χ4n) is 3.02. The zero-order chi connectivity index (χ0) is 22.6. The van der Waals surface area contributed by atoms with Gasteiger partial charge in [-0.1, -0.05) is 17.2 Å². The molecule has 1 heterocycles. The summed E-state index contributed by atoms with van der Waals surface area (Å²) in [5, 5.41) is 3.26. The lowest BCUT2D eigenvalue weighted by Gasteiger charge is -2.27. The number of carbonyl (C=O) groups excluding carboxylic acids is 1. The Hall–Kier alpha value is -2.56. The Morgan fingerprint density at radius 2 is 1.61 bits per heavy atom. The fourth-order valence-corrected chi connectivity index (χ4v) is 4.58. The Balaban J connectivity index is 1.59. The summed E-state index contributed by atoms with van der Waals surface area (Å²) in [6.07, 6.45) is -2.68.